The van der Waals surface area contributed by atoms with Crippen LogP contribution >= 0.6 is 0 Å². The summed E-state index contributed by atoms with van der Waals surface area (Å²) in [5, 5.41) is 1.09. The summed E-state index contributed by atoms with van der Waals surface area (Å²) in [6.07, 6.45) is 1.96. The van der Waals surface area contributed by atoms with E-state index in [2.05, 4.69) is 15.8 Å². The third kappa shape index (κ3) is 4.22. The zero-order valence-corrected chi connectivity index (χ0v) is 17.3. The van der Waals surface area contributed by atoms with Gasteiger partial charge in [-0.05, 0) is 29.3 Å². The summed E-state index contributed by atoms with van der Waals surface area (Å²) < 4.78 is 34.8. The van der Waals surface area contributed by atoms with Gasteiger partial charge in [-0.15, -0.1) is 0 Å². The van der Waals surface area contributed by atoms with Crippen LogP contribution in [-0.4, -0.2) is 44.5 Å². The van der Waals surface area contributed by atoms with Gasteiger partial charge in [-0.2, -0.15) is 12.7 Å². The molecule has 0 saturated carbocycles. The maximum Gasteiger partial charge on any atom is 0.279 e. The van der Waals surface area contributed by atoms with Gasteiger partial charge in [0.15, 0.2) is 0 Å². The summed E-state index contributed by atoms with van der Waals surface area (Å²) >= 11 is 0. The van der Waals surface area contributed by atoms with Crippen LogP contribution in [0.4, 0.5) is 0 Å². The lowest BCUT2D eigenvalue weighted by molar-refractivity contribution is 0.414. The van der Waals surface area contributed by atoms with Crippen LogP contribution in [0.3, 0.4) is 0 Å². The Balaban J connectivity index is 1.97. The minimum Gasteiger partial charge on any atom is -0.497 e. The van der Waals surface area contributed by atoms with Crippen LogP contribution in [0.2, 0.25) is 0 Å². The average molecular weight is 402 g/mol. The Morgan fingerprint density at radius 3 is 2.39 bits per heavy atom. The van der Waals surface area contributed by atoms with Crippen LogP contribution in [0.25, 0.3) is 10.9 Å². The fourth-order valence-corrected chi connectivity index (χ4v) is 4.71. The highest BCUT2D eigenvalue weighted by Gasteiger charge is 2.23. The number of aromatic amines is 1. The minimum absolute atomic E-state index is 0.132. The topological polar surface area (TPSA) is 74.4 Å². The van der Waals surface area contributed by atoms with Crippen molar-refractivity contribution in [2.75, 3.05) is 26.7 Å². The second kappa shape index (κ2) is 8.77. The zero-order valence-electron chi connectivity index (χ0n) is 16.5. The van der Waals surface area contributed by atoms with Gasteiger partial charge in [0, 0.05) is 42.7 Å². The smallest absolute Gasteiger partial charge is 0.279 e. The number of H-pyrrole nitrogens is 1. The van der Waals surface area contributed by atoms with E-state index >= 15 is 0 Å². The molecule has 0 bridgehead atoms. The Labute approximate surface area is 166 Å². The largest absolute Gasteiger partial charge is 0.497 e. The number of hydrogen-bond donors (Lipinski definition) is 2. The summed E-state index contributed by atoms with van der Waals surface area (Å²) in [4.78, 5) is 3.29. The highest BCUT2D eigenvalue weighted by Crippen LogP contribution is 2.31. The van der Waals surface area contributed by atoms with E-state index in [1.165, 1.54) is 4.31 Å². The molecule has 28 heavy (non-hydrogen) atoms. The van der Waals surface area contributed by atoms with Crippen molar-refractivity contribution in [1.82, 2.24) is 14.0 Å². The number of para-hydroxylation sites is 1. The predicted molar refractivity (Wildman–Crippen MR) is 113 cm³/mol. The molecule has 1 heterocycles. The molecular formula is C21H27N3O3S. The van der Waals surface area contributed by atoms with Gasteiger partial charge in [0.05, 0.1) is 7.11 Å². The van der Waals surface area contributed by atoms with Crippen LogP contribution in [0.1, 0.15) is 30.9 Å². The van der Waals surface area contributed by atoms with E-state index in [1.54, 1.807) is 7.11 Å². The molecule has 1 aromatic heterocycles. The van der Waals surface area contributed by atoms with Gasteiger partial charge >= 0.3 is 0 Å². The summed E-state index contributed by atoms with van der Waals surface area (Å²) in [5.74, 6) is 0.637. The van der Waals surface area contributed by atoms with Gasteiger partial charge in [-0.25, -0.2) is 4.72 Å². The zero-order chi connectivity index (χ0) is 20.1. The SMILES string of the molecule is CCN(CC)S(=O)(=O)NCC(c1ccc(OC)cc1)c1c[nH]c2ccccc12. The molecule has 150 valence electrons. The highest BCUT2D eigenvalue weighted by atomic mass is 32.2. The summed E-state index contributed by atoms with van der Waals surface area (Å²) in [6.45, 7) is 4.82. The van der Waals surface area contributed by atoms with Gasteiger partial charge < -0.3 is 9.72 Å². The Morgan fingerprint density at radius 2 is 1.75 bits per heavy atom. The highest BCUT2D eigenvalue weighted by molar-refractivity contribution is 7.87. The van der Waals surface area contributed by atoms with Crippen LogP contribution in [0.5, 0.6) is 5.75 Å². The van der Waals surface area contributed by atoms with Crippen molar-refractivity contribution in [3.8, 4) is 5.75 Å². The maximum atomic E-state index is 12.6. The Hall–Kier alpha value is -2.35. The molecule has 0 aliphatic carbocycles. The number of ether oxygens (including phenoxy) is 1. The van der Waals surface area contributed by atoms with E-state index in [9.17, 15) is 8.42 Å². The third-order valence-corrected chi connectivity index (χ3v) is 6.76. The molecule has 3 rings (SSSR count). The van der Waals surface area contributed by atoms with E-state index in [1.807, 2.05) is 62.5 Å². The first kappa shape index (κ1) is 20.4. The fraction of sp³-hybridized carbons (Fsp3) is 0.333. The molecule has 0 spiro atoms. The van der Waals surface area contributed by atoms with E-state index in [-0.39, 0.29) is 12.5 Å². The summed E-state index contributed by atoms with van der Waals surface area (Å²) in [5.41, 5.74) is 3.11. The molecule has 2 N–H and O–H groups in total. The first-order valence-corrected chi connectivity index (χ1v) is 10.9. The number of hydrogen-bond acceptors (Lipinski definition) is 3. The average Bonchev–Trinajstić information content (AvgIpc) is 3.13. The summed E-state index contributed by atoms with van der Waals surface area (Å²) in [7, 11) is -1.90. The fourth-order valence-electron chi connectivity index (χ4n) is 3.47. The van der Waals surface area contributed by atoms with Crippen molar-refractivity contribution >= 4 is 21.1 Å². The first-order valence-electron chi connectivity index (χ1n) is 9.44. The van der Waals surface area contributed by atoms with Crippen molar-refractivity contribution in [3.63, 3.8) is 0 Å². The number of benzene rings is 2. The van der Waals surface area contributed by atoms with Gasteiger partial charge in [-0.3, -0.25) is 0 Å². The third-order valence-electron chi connectivity index (χ3n) is 5.03. The minimum atomic E-state index is -3.53. The molecule has 0 aliphatic heterocycles. The standard InChI is InChI=1S/C21H27N3O3S/c1-4-24(5-2)28(25,26)23-15-19(16-10-12-17(27-3)13-11-16)20-14-22-21-9-7-6-8-18(20)21/h6-14,19,22-23H,4-5,15H2,1-3H3. The van der Waals surface area contributed by atoms with Gasteiger partial charge in [-0.1, -0.05) is 44.2 Å². The number of nitrogens with one attached hydrogen (secondary N) is 2. The Kier molecular flexibility index (Phi) is 6.39. The van der Waals surface area contributed by atoms with Crippen molar-refractivity contribution in [2.45, 2.75) is 19.8 Å². The second-order valence-electron chi connectivity index (χ2n) is 6.55. The molecule has 0 aliphatic rings. The van der Waals surface area contributed by atoms with Crippen LogP contribution in [0.15, 0.2) is 54.7 Å². The lowest BCUT2D eigenvalue weighted by atomic mass is 9.91. The lowest BCUT2D eigenvalue weighted by Gasteiger charge is -2.23. The van der Waals surface area contributed by atoms with Crippen LogP contribution in [0, 0.1) is 0 Å². The molecule has 0 radical (unpaired) electrons. The van der Waals surface area contributed by atoms with Crippen molar-refractivity contribution in [3.05, 3.63) is 65.9 Å². The van der Waals surface area contributed by atoms with Crippen LogP contribution < -0.4 is 9.46 Å². The normalized spacial score (nSPS) is 13.1. The van der Waals surface area contributed by atoms with Gasteiger partial charge in [0.2, 0.25) is 0 Å². The Bertz CT molecular complexity index is 1010. The first-order chi connectivity index (χ1) is 13.5. The van der Waals surface area contributed by atoms with Crippen molar-refractivity contribution in [1.29, 1.82) is 0 Å². The number of aromatic nitrogens is 1. The van der Waals surface area contributed by atoms with E-state index in [0.29, 0.717) is 13.1 Å². The van der Waals surface area contributed by atoms with E-state index in [0.717, 1.165) is 27.8 Å². The molecule has 0 fully saturated rings. The molecule has 2 aromatic carbocycles. The van der Waals surface area contributed by atoms with Gasteiger partial charge in [0.25, 0.3) is 10.2 Å². The lowest BCUT2D eigenvalue weighted by Crippen LogP contribution is -2.42. The molecule has 1 atom stereocenters. The number of fused-ring (bicyclic) bond motifs is 1. The molecular weight excluding hydrogens is 374 g/mol. The molecule has 6 nitrogen and oxygen atoms in total. The van der Waals surface area contributed by atoms with E-state index < -0.39 is 10.2 Å². The molecule has 0 saturated heterocycles. The molecule has 0 amide bonds. The molecule has 7 heteroatoms. The number of methoxy groups -OCH3 is 1. The molecule has 1 unspecified atom stereocenters. The number of rotatable bonds is 9. The number of nitrogens with zero attached hydrogens (tertiary/aromatic N) is 1. The second-order valence-corrected chi connectivity index (χ2v) is 8.31. The quantitative estimate of drug-likeness (QED) is 0.576. The van der Waals surface area contributed by atoms with Crippen molar-refractivity contribution in [2.24, 2.45) is 0 Å². The maximum absolute atomic E-state index is 12.6. The molecule has 3 aromatic rings. The van der Waals surface area contributed by atoms with E-state index in [4.69, 9.17) is 4.74 Å². The summed E-state index contributed by atoms with van der Waals surface area (Å²) in [6, 6.07) is 15.8. The van der Waals surface area contributed by atoms with Gasteiger partial charge in [0.1, 0.15) is 5.75 Å². The monoisotopic (exact) mass is 401 g/mol. The Morgan fingerprint density at radius 1 is 1.07 bits per heavy atom. The van der Waals surface area contributed by atoms with Crippen LogP contribution in [-0.2, 0) is 10.2 Å². The van der Waals surface area contributed by atoms with Crippen molar-refractivity contribution < 1.29 is 13.2 Å². The predicted octanol–water partition coefficient (Wildman–Crippen LogP) is 3.48.